The third-order valence-corrected chi connectivity index (χ3v) is 6.55. The lowest BCUT2D eigenvalue weighted by molar-refractivity contribution is 0.275. The molecule has 0 aromatic heterocycles. The van der Waals surface area contributed by atoms with Crippen molar-refractivity contribution >= 4 is 28.1 Å². The highest BCUT2D eigenvalue weighted by Crippen LogP contribution is 2.58. The van der Waals surface area contributed by atoms with Crippen LogP contribution in [0, 0.1) is 5.41 Å². The van der Waals surface area contributed by atoms with E-state index in [9.17, 15) is 0 Å². The van der Waals surface area contributed by atoms with Gasteiger partial charge in [-0.2, -0.15) is 0 Å². The molecule has 2 aromatic rings. The summed E-state index contributed by atoms with van der Waals surface area (Å²) in [7, 11) is 0. The van der Waals surface area contributed by atoms with E-state index in [-0.39, 0.29) is 5.41 Å². The first kappa shape index (κ1) is 15.9. The minimum absolute atomic E-state index is 0.125. The fraction of sp³-hybridized carbons (Fsp3) is 0.304. The molecule has 2 unspecified atom stereocenters. The van der Waals surface area contributed by atoms with Crippen LogP contribution in [-0.2, 0) is 0 Å². The second kappa shape index (κ2) is 5.46. The molecule has 0 N–H and O–H groups in total. The molecule has 0 aliphatic heterocycles. The van der Waals surface area contributed by atoms with Gasteiger partial charge in [-0.25, -0.2) is 0 Å². The summed E-state index contributed by atoms with van der Waals surface area (Å²) in [4.78, 5) is 0. The maximum Gasteiger partial charge on any atom is 0.0250 e. The maximum atomic E-state index is 3.73. The lowest BCUT2D eigenvalue weighted by Gasteiger charge is -2.41. The van der Waals surface area contributed by atoms with E-state index >= 15 is 0 Å². The van der Waals surface area contributed by atoms with Crippen molar-refractivity contribution in [3.8, 4) is 0 Å². The number of benzene rings is 2. The predicted octanol–water partition coefficient (Wildman–Crippen LogP) is 7.18. The Labute approximate surface area is 153 Å². The van der Waals surface area contributed by atoms with Crippen LogP contribution in [0.15, 0.2) is 58.1 Å². The van der Waals surface area contributed by atoms with Crippen molar-refractivity contribution in [2.75, 3.05) is 0 Å². The van der Waals surface area contributed by atoms with Crippen LogP contribution in [-0.4, -0.2) is 0 Å². The van der Waals surface area contributed by atoms with Crippen LogP contribution in [0.2, 0.25) is 0 Å². The summed E-state index contributed by atoms with van der Waals surface area (Å²) in [5.74, 6) is 0.913. The van der Waals surface area contributed by atoms with Gasteiger partial charge in [0.2, 0.25) is 0 Å². The molecule has 0 heterocycles. The van der Waals surface area contributed by atoms with E-state index in [4.69, 9.17) is 0 Å². The van der Waals surface area contributed by atoms with Gasteiger partial charge in [-0.05, 0) is 47.6 Å². The summed E-state index contributed by atoms with van der Waals surface area (Å²) >= 11 is 3.73. The molecule has 0 radical (unpaired) electrons. The Kier molecular flexibility index (Phi) is 3.61. The minimum atomic E-state index is 0.125. The molecule has 2 aromatic carbocycles. The van der Waals surface area contributed by atoms with Crippen LogP contribution < -0.4 is 0 Å². The lowest BCUT2D eigenvalue weighted by Crippen LogP contribution is -2.29. The number of rotatable bonds is 2. The number of halogens is 1. The van der Waals surface area contributed by atoms with E-state index in [2.05, 4.69) is 98.2 Å². The number of hydrogen-bond donors (Lipinski definition) is 0. The zero-order valence-corrected chi connectivity index (χ0v) is 16.3. The average Bonchev–Trinajstić information content (AvgIpc) is 3.04. The van der Waals surface area contributed by atoms with Gasteiger partial charge < -0.3 is 0 Å². The van der Waals surface area contributed by atoms with Gasteiger partial charge >= 0.3 is 0 Å². The van der Waals surface area contributed by atoms with Gasteiger partial charge in [0, 0.05) is 16.3 Å². The van der Waals surface area contributed by atoms with Crippen LogP contribution in [0.3, 0.4) is 0 Å². The molecule has 1 heteroatoms. The van der Waals surface area contributed by atoms with Crippen molar-refractivity contribution in [1.82, 2.24) is 0 Å². The minimum Gasteiger partial charge on any atom is -0.0646 e. The van der Waals surface area contributed by atoms with Gasteiger partial charge in [-0.15, -0.1) is 0 Å². The van der Waals surface area contributed by atoms with Crippen molar-refractivity contribution in [2.24, 2.45) is 5.41 Å². The number of fused-ring (bicyclic) bond motifs is 2. The van der Waals surface area contributed by atoms with Gasteiger partial charge in [0.05, 0.1) is 0 Å². The van der Waals surface area contributed by atoms with Crippen molar-refractivity contribution < 1.29 is 0 Å². The molecule has 4 rings (SSSR count). The topological polar surface area (TPSA) is 0 Å². The Hall–Kier alpha value is -1.60. The third kappa shape index (κ3) is 2.18. The summed E-state index contributed by atoms with van der Waals surface area (Å²) in [5.41, 5.74) is 8.78. The van der Waals surface area contributed by atoms with Crippen LogP contribution in [0.5, 0.6) is 0 Å². The second-order valence-corrected chi connectivity index (χ2v) is 8.69. The Morgan fingerprint density at radius 2 is 1.42 bits per heavy atom. The van der Waals surface area contributed by atoms with Crippen LogP contribution >= 0.6 is 15.9 Å². The molecule has 0 spiro atoms. The van der Waals surface area contributed by atoms with Crippen LogP contribution in [0.25, 0.3) is 12.2 Å². The first-order valence-electron chi connectivity index (χ1n) is 8.65. The summed E-state index contributed by atoms with van der Waals surface area (Å²) in [6.07, 6.45) is 4.74. The van der Waals surface area contributed by atoms with Crippen molar-refractivity contribution in [3.63, 3.8) is 0 Å². The van der Waals surface area contributed by atoms with E-state index in [0.29, 0.717) is 11.8 Å². The molecule has 122 valence electrons. The standard InChI is InChI=1S/C23H23Br/c1-14-12-16-8-5-6-9-17(16)21(14)23(3,4)22-15(2)13-19-18(22)10-7-11-20(19)24/h5-13,21-22H,1-4H3. The second-order valence-electron chi connectivity index (χ2n) is 7.84. The molecule has 0 bridgehead atoms. The first-order chi connectivity index (χ1) is 11.4. The smallest absolute Gasteiger partial charge is 0.0250 e. The molecule has 0 nitrogen and oxygen atoms in total. The largest absolute Gasteiger partial charge is 0.0646 e. The normalized spacial score (nSPS) is 22.0. The molecule has 0 fully saturated rings. The molecular formula is C23H23Br. The lowest BCUT2D eigenvalue weighted by atomic mass is 9.63. The molecule has 24 heavy (non-hydrogen) atoms. The van der Waals surface area contributed by atoms with E-state index in [1.54, 1.807) is 0 Å². The molecule has 0 saturated heterocycles. The summed E-state index contributed by atoms with van der Waals surface area (Å²) < 4.78 is 1.21. The summed E-state index contributed by atoms with van der Waals surface area (Å²) in [6, 6.07) is 15.5. The van der Waals surface area contributed by atoms with E-state index < -0.39 is 0 Å². The van der Waals surface area contributed by atoms with Crippen molar-refractivity contribution in [1.29, 1.82) is 0 Å². The van der Waals surface area contributed by atoms with Crippen LogP contribution in [0.4, 0.5) is 0 Å². The Bertz CT molecular complexity index is 883. The molecule has 0 amide bonds. The maximum absolute atomic E-state index is 3.73. The zero-order chi connectivity index (χ0) is 17.1. The molecular weight excluding hydrogens is 356 g/mol. The number of hydrogen-bond acceptors (Lipinski definition) is 0. The van der Waals surface area contributed by atoms with E-state index in [0.717, 1.165) is 0 Å². The average molecular weight is 379 g/mol. The fourth-order valence-electron chi connectivity index (χ4n) is 5.13. The Morgan fingerprint density at radius 1 is 0.792 bits per heavy atom. The molecule has 2 aliphatic rings. The fourth-order valence-corrected chi connectivity index (χ4v) is 5.63. The van der Waals surface area contributed by atoms with Crippen molar-refractivity contribution in [3.05, 3.63) is 80.3 Å². The number of allylic oxidation sites excluding steroid dienone is 2. The Morgan fingerprint density at radius 3 is 2.21 bits per heavy atom. The summed E-state index contributed by atoms with van der Waals surface area (Å²) in [6.45, 7) is 9.46. The van der Waals surface area contributed by atoms with Gasteiger partial charge in [-0.3, -0.25) is 0 Å². The summed E-state index contributed by atoms with van der Waals surface area (Å²) in [5, 5.41) is 0. The highest BCUT2D eigenvalue weighted by atomic mass is 79.9. The van der Waals surface area contributed by atoms with Crippen LogP contribution in [0.1, 0.15) is 61.8 Å². The quantitative estimate of drug-likeness (QED) is 0.519. The molecule has 0 saturated carbocycles. The highest BCUT2D eigenvalue weighted by molar-refractivity contribution is 9.10. The molecule has 2 atom stereocenters. The van der Waals surface area contributed by atoms with Gasteiger partial charge in [0.25, 0.3) is 0 Å². The van der Waals surface area contributed by atoms with Gasteiger partial charge in [0.1, 0.15) is 0 Å². The predicted molar refractivity (Wildman–Crippen MR) is 107 cm³/mol. The first-order valence-corrected chi connectivity index (χ1v) is 9.44. The zero-order valence-electron chi connectivity index (χ0n) is 14.7. The van der Waals surface area contributed by atoms with E-state index in [1.165, 1.54) is 37.9 Å². The van der Waals surface area contributed by atoms with Crippen molar-refractivity contribution in [2.45, 2.75) is 39.5 Å². The van der Waals surface area contributed by atoms with Gasteiger partial charge in [-0.1, -0.05) is 89.5 Å². The SMILES string of the molecule is CC1=Cc2ccccc2C1C(C)(C)C1C(C)=Cc2c(Br)cccc21. The third-order valence-electron chi connectivity index (χ3n) is 5.86. The van der Waals surface area contributed by atoms with Gasteiger partial charge in [0.15, 0.2) is 0 Å². The molecule has 2 aliphatic carbocycles. The monoisotopic (exact) mass is 378 g/mol. The van der Waals surface area contributed by atoms with E-state index in [1.807, 2.05) is 0 Å². The highest BCUT2D eigenvalue weighted by Gasteiger charge is 2.45. The Balaban J connectivity index is 1.85.